The molecule has 0 spiro atoms. The molecule has 0 fully saturated rings. The summed E-state index contributed by atoms with van der Waals surface area (Å²) in [5, 5.41) is 4.42. The Kier molecular flexibility index (Phi) is 6.30. The van der Waals surface area contributed by atoms with Gasteiger partial charge in [0.15, 0.2) is 0 Å². The summed E-state index contributed by atoms with van der Waals surface area (Å²) in [5.74, 6) is 0.700. The number of aromatic nitrogens is 1. The number of rotatable bonds is 7. The van der Waals surface area contributed by atoms with Gasteiger partial charge in [-0.15, -0.1) is 0 Å². The summed E-state index contributed by atoms with van der Waals surface area (Å²) in [6, 6.07) is 7.54. The Bertz CT molecular complexity index is 576. The van der Waals surface area contributed by atoms with Crippen LogP contribution in [0, 0.1) is 0 Å². The van der Waals surface area contributed by atoms with E-state index < -0.39 is 0 Å². The Labute approximate surface area is 135 Å². The minimum absolute atomic E-state index is 0.543. The molecule has 0 bridgehead atoms. The smallest absolute Gasteiger partial charge is 0.142 e. The maximum Gasteiger partial charge on any atom is 0.142 e. The Morgan fingerprint density at radius 1 is 1.29 bits per heavy atom. The number of nitrogens with zero attached hydrogens (tertiary/aromatic N) is 1. The molecule has 2 aromatic rings. The first kappa shape index (κ1) is 16.1. The lowest BCUT2D eigenvalue weighted by Crippen LogP contribution is -2.13. The molecule has 0 aliphatic heterocycles. The second kappa shape index (κ2) is 8.23. The van der Waals surface area contributed by atoms with E-state index >= 15 is 0 Å². The van der Waals surface area contributed by atoms with E-state index in [1.807, 2.05) is 24.4 Å². The molecule has 1 aromatic heterocycles. The van der Waals surface area contributed by atoms with Crippen LogP contribution in [0.1, 0.15) is 18.1 Å². The minimum Gasteiger partial charge on any atom is -0.491 e. The molecule has 2 rings (SSSR count). The van der Waals surface area contributed by atoms with Gasteiger partial charge in [-0.1, -0.05) is 36.2 Å². The van der Waals surface area contributed by atoms with Crippen LogP contribution in [-0.2, 0) is 13.0 Å². The second-order valence-electron chi connectivity index (χ2n) is 4.62. The number of hydrogen-bond donors (Lipinski definition) is 1. The number of hydrogen-bond acceptors (Lipinski definition) is 3. The van der Waals surface area contributed by atoms with Crippen LogP contribution >= 0.6 is 23.2 Å². The molecule has 0 unspecified atom stereocenters. The maximum absolute atomic E-state index is 6.25. The normalized spacial score (nSPS) is 10.6. The quantitative estimate of drug-likeness (QED) is 0.831. The van der Waals surface area contributed by atoms with Crippen molar-refractivity contribution in [2.45, 2.75) is 19.9 Å². The summed E-state index contributed by atoms with van der Waals surface area (Å²) < 4.78 is 5.87. The van der Waals surface area contributed by atoms with Crippen LogP contribution in [0.3, 0.4) is 0 Å². The first-order valence-corrected chi connectivity index (χ1v) is 7.66. The Balaban J connectivity index is 2.04. The fourth-order valence-corrected chi connectivity index (χ4v) is 2.57. The van der Waals surface area contributed by atoms with Crippen molar-refractivity contribution in [2.24, 2.45) is 0 Å². The molecular weight excluding hydrogens is 307 g/mol. The van der Waals surface area contributed by atoms with Crippen molar-refractivity contribution in [3.8, 4) is 5.75 Å². The second-order valence-corrected chi connectivity index (χ2v) is 5.46. The first-order valence-electron chi connectivity index (χ1n) is 6.91. The molecule has 0 saturated carbocycles. The molecule has 3 nitrogen and oxygen atoms in total. The predicted octanol–water partition coefficient (Wildman–Crippen LogP) is 4.12. The minimum atomic E-state index is 0.543. The monoisotopic (exact) mass is 324 g/mol. The lowest BCUT2D eigenvalue weighted by molar-refractivity contribution is 0.318. The molecule has 1 N–H and O–H groups in total. The molecule has 1 aromatic carbocycles. The predicted molar refractivity (Wildman–Crippen MR) is 87.3 cm³/mol. The lowest BCUT2D eigenvalue weighted by Gasteiger charge is -2.14. The summed E-state index contributed by atoms with van der Waals surface area (Å²) in [7, 11) is 0. The summed E-state index contributed by atoms with van der Waals surface area (Å²) in [6.45, 7) is 4.15. The van der Waals surface area contributed by atoms with Crippen molar-refractivity contribution in [2.75, 3.05) is 13.2 Å². The van der Waals surface area contributed by atoms with E-state index in [2.05, 4.69) is 17.2 Å². The van der Waals surface area contributed by atoms with Crippen LogP contribution in [0.2, 0.25) is 10.0 Å². The molecular formula is C16H18Cl2N2O. The molecule has 0 aliphatic rings. The van der Waals surface area contributed by atoms with Crippen molar-refractivity contribution in [3.05, 3.63) is 57.8 Å². The van der Waals surface area contributed by atoms with Crippen molar-refractivity contribution < 1.29 is 4.74 Å². The summed E-state index contributed by atoms with van der Waals surface area (Å²) in [6.07, 6.45) is 4.38. The Morgan fingerprint density at radius 2 is 2.14 bits per heavy atom. The average molecular weight is 325 g/mol. The van der Waals surface area contributed by atoms with Crippen molar-refractivity contribution >= 4 is 23.2 Å². The fraction of sp³-hybridized carbons (Fsp3) is 0.312. The number of benzene rings is 1. The van der Waals surface area contributed by atoms with Gasteiger partial charge in [-0.2, -0.15) is 0 Å². The molecule has 0 radical (unpaired) electrons. The van der Waals surface area contributed by atoms with E-state index in [1.54, 1.807) is 12.3 Å². The molecule has 1 heterocycles. The number of nitrogens with one attached hydrogen (secondary N) is 1. The van der Waals surface area contributed by atoms with E-state index in [1.165, 1.54) is 0 Å². The largest absolute Gasteiger partial charge is 0.491 e. The van der Waals surface area contributed by atoms with Crippen molar-refractivity contribution in [1.29, 1.82) is 0 Å². The van der Waals surface area contributed by atoms with Gasteiger partial charge >= 0.3 is 0 Å². The SMILES string of the molecule is CCNCc1cc(Cl)cc(Cl)c1OCCc1cccnc1. The van der Waals surface area contributed by atoms with Crippen molar-refractivity contribution in [3.63, 3.8) is 0 Å². The molecule has 5 heteroatoms. The zero-order valence-corrected chi connectivity index (χ0v) is 13.4. The van der Waals surface area contributed by atoms with E-state index in [0.717, 1.165) is 24.1 Å². The van der Waals surface area contributed by atoms with E-state index in [0.29, 0.717) is 28.9 Å². The third-order valence-electron chi connectivity index (χ3n) is 3.01. The molecule has 0 aliphatic carbocycles. The van der Waals surface area contributed by atoms with Gasteiger partial charge in [0.25, 0.3) is 0 Å². The van der Waals surface area contributed by atoms with E-state index in [-0.39, 0.29) is 0 Å². The first-order chi connectivity index (χ1) is 10.2. The number of pyridine rings is 1. The summed E-state index contributed by atoms with van der Waals surface area (Å²) in [5.41, 5.74) is 2.11. The zero-order chi connectivity index (χ0) is 15.1. The lowest BCUT2D eigenvalue weighted by atomic mass is 10.2. The van der Waals surface area contributed by atoms with Crippen LogP contribution in [0.15, 0.2) is 36.7 Å². The van der Waals surface area contributed by atoms with Gasteiger partial charge in [0.1, 0.15) is 5.75 Å². The average Bonchev–Trinajstić information content (AvgIpc) is 2.48. The van der Waals surface area contributed by atoms with E-state index in [9.17, 15) is 0 Å². The van der Waals surface area contributed by atoms with Crippen LogP contribution < -0.4 is 10.1 Å². The third-order valence-corrected chi connectivity index (χ3v) is 3.51. The molecule has 0 amide bonds. The number of ether oxygens (including phenoxy) is 1. The van der Waals surface area contributed by atoms with Crippen LogP contribution in [0.25, 0.3) is 0 Å². The summed E-state index contributed by atoms with van der Waals surface area (Å²) >= 11 is 12.3. The van der Waals surface area contributed by atoms with Gasteiger partial charge in [0.05, 0.1) is 11.6 Å². The topological polar surface area (TPSA) is 34.1 Å². The van der Waals surface area contributed by atoms with Crippen LogP contribution in [0.5, 0.6) is 5.75 Å². The standard InChI is InChI=1S/C16H18Cl2N2O/c1-2-19-11-13-8-14(17)9-15(18)16(13)21-7-5-12-4-3-6-20-10-12/h3-4,6,8-10,19H,2,5,7,11H2,1H3. The molecule has 112 valence electrons. The van der Waals surface area contributed by atoms with Gasteiger partial charge in [-0.3, -0.25) is 4.98 Å². The highest BCUT2D eigenvalue weighted by Gasteiger charge is 2.10. The van der Waals surface area contributed by atoms with Gasteiger partial charge < -0.3 is 10.1 Å². The van der Waals surface area contributed by atoms with Gasteiger partial charge in [-0.25, -0.2) is 0 Å². The zero-order valence-electron chi connectivity index (χ0n) is 11.9. The highest BCUT2D eigenvalue weighted by molar-refractivity contribution is 6.35. The van der Waals surface area contributed by atoms with Crippen molar-refractivity contribution in [1.82, 2.24) is 10.3 Å². The van der Waals surface area contributed by atoms with Crippen LogP contribution in [-0.4, -0.2) is 18.1 Å². The Morgan fingerprint density at radius 3 is 2.86 bits per heavy atom. The Hall–Kier alpha value is -1.29. The number of halogens is 2. The molecule has 0 atom stereocenters. The summed E-state index contributed by atoms with van der Waals surface area (Å²) in [4.78, 5) is 4.09. The highest BCUT2D eigenvalue weighted by atomic mass is 35.5. The van der Waals surface area contributed by atoms with Gasteiger partial charge in [0, 0.05) is 35.9 Å². The maximum atomic E-state index is 6.25. The van der Waals surface area contributed by atoms with Gasteiger partial charge in [0.2, 0.25) is 0 Å². The molecule has 0 saturated heterocycles. The van der Waals surface area contributed by atoms with Crippen LogP contribution in [0.4, 0.5) is 0 Å². The fourth-order valence-electron chi connectivity index (χ4n) is 1.98. The molecule has 21 heavy (non-hydrogen) atoms. The van der Waals surface area contributed by atoms with Gasteiger partial charge in [-0.05, 0) is 30.3 Å². The van der Waals surface area contributed by atoms with E-state index in [4.69, 9.17) is 27.9 Å². The highest BCUT2D eigenvalue weighted by Crippen LogP contribution is 2.32. The third kappa shape index (κ3) is 4.88.